The van der Waals surface area contributed by atoms with Crippen LogP contribution in [-0.4, -0.2) is 37.0 Å². The largest absolute Gasteiger partial charge is 0.378 e. The Kier molecular flexibility index (Phi) is 5.26. The second kappa shape index (κ2) is 7.40. The summed E-state index contributed by atoms with van der Waals surface area (Å²) < 4.78 is 4.25. The molecule has 24 heavy (non-hydrogen) atoms. The highest BCUT2D eigenvalue weighted by Gasteiger charge is 2.24. The van der Waals surface area contributed by atoms with E-state index >= 15 is 0 Å². The number of carbonyl (C=O) groups excluding carboxylic acids is 1. The molecule has 0 saturated carbocycles. The molecule has 1 aliphatic rings. The van der Waals surface area contributed by atoms with Gasteiger partial charge >= 0.3 is 0 Å². The number of nitrogens with one attached hydrogen (secondary N) is 2. The fourth-order valence-corrected chi connectivity index (χ4v) is 3.89. The van der Waals surface area contributed by atoms with E-state index in [0.717, 1.165) is 35.2 Å². The van der Waals surface area contributed by atoms with Gasteiger partial charge in [-0.15, -0.1) is 0 Å². The Labute approximate surface area is 151 Å². The van der Waals surface area contributed by atoms with Crippen molar-refractivity contribution in [3.05, 3.63) is 40.5 Å². The maximum atomic E-state index is 12.4. The molecule has 1 fully saturated rings. The van der Waals surface area contributed by atoms with Gasteiger partial charge in [0.1, 0.15) is 5.00 Å². The molecule has 2 N–H and O–H groups in total. The summed E-state index contributed by atoms with van der Waals surface area (Å²) in [6.07, 6.45) is 1.07. The summed E-state index contributed by atoms with van der Waals surface area (Å²) >= 11 is 7.26. The van der Waals surface area contributed by atoms with Crippen molar-refractivity contribution in [1.82, 2.24) is 9.69 Å². The average molecular weight is 365 g/mol. The lowest BCUT2D eigenvalue weighted by Gasteiger charge is -2.19. The SMILES string of the molecule is CNc1snc(C)c1C(=O)NCC1CCN(c2ccc(Cl)cc2)C1. The van der Waals surface area contributed by atoms with Gasteiger partial charge in [-0.1, -0.05) is 11.6 Å². The van der Waals surface area contributed by atoms with E-state index in [-0.39, 0.29) is 5.91 Å². The Morgan fingerprint density at radius 1 is 1.42 bits per heavy atom. The predicted octanol–water partition coefficient (Wildman–Crippen LogP) is 3.40. The lowest BCUT2D eigenvalue weighted by atomic mass is 10.1. The summed E-state index contributed by atoms with van der Waals surface area (Å²) in [6, 6.07) is 7.92. The summed E-state index contributed by atoms with van der Waals surface area (Å²) in [7, 11) is 1.81. The van der Waals surface area contributed by atoms with Gasteiger partial charge in [0.15, 0.2) is 0 Å². The minimum Gasteiger partial charge on any atom is -0.378 e. The molecule has 7 heteroatoms. The van der Waals surface area contributed by atoms with Crippen molar-refractivity contribution in [3.63, 3.8) is 0 Å². The zero-order valence-corrected chi connectivity index (χ0v) is 15.4. The first-order valence-corrected chi connectivity index (χ1v) is 9.16. The van der Waals surface area contributed by atoms with E-state index in [1.54, 1.807) is 0 Å². The van der Waals surface area contributed by atoms with Gasteiger partial charge < -0.3 is 15.5 Å². The molecular formula is C17H21ClN4OS. The van der Waals surface area contributed by atoms with Gasteiger partial charge in [0, 0.05) is 37.4 Å². The number of carbonyl (C=O) groups is 1. The topological polar surface area (TPSA) is 57.3 Å². The van der Waals surface area contributed by atoms with Crippen LogP contribution in [0.15, 0.2) is 24.3 Å². The highest BCUT2D eigenvalue weighted by atomic mass is 35.5. The van der Waals surface area contributed by atoms with Crippen LogP contribution in [0.5, 0.6) is 0 Å². The van der Waals surface area contributed by atoms with Crippen LogP contribution in [-0.2, 0) is 0 Å². The molecule has 0 aliphatic carbocycles. The van der Waals surface area contributed by atoms with Crippen LogP contribution < -0.4 is 15.5 Å². The molecule has 2 heterocycles. The number of aromatic nitrogens is 1. The van der Waals surface area contributed by atoms with Gasteiger partial charge in [-0.3, -0.25) is 4.79 Å². The van der Waals surface area contributed by atoms with Crippen LogP contribution in [0.1, 0.15) is 22.5 Å². The van der Waals surface area contributed by atoms with Gasteiger partial charge in [-0.25, -0.2) is 0 Å². The van der Waals surface area contributed by atoms with Crippen molar-refractivity contribution in [2.24, 2.45) is 5.92 Å². The Balaban J connectivity index is 1.55. The van der Waals surface area contributed by atoms with Crippen LogP contribution >= 0.6 is 23.1 Å². The normalized spacial score (nSPS) is 17.1. The first-order valence-electron chi connectivity index (χ1n) is 8.01. The van der Waals surface area contributed by atoms with Crippen molar-refractivity contribution in [1.29, 1.82) is 0 Å². The average Bonchev–Trinajstić information content (AvgIpc) is 3.20. The molecule has 1 unspecified atom stereocenters. The lowest BCUT2D eigenvalue weighted by molar-refractivity contribution is 0.0948. The first kappa shape index (κ1) is 17.0. The Hall–Kier alpha value is -1.79. The van der Waals surface area contributed by atoms with E-state index in [9.17, 15) is 4.79 Å². The molecule has 1 atom stereocenters. The Morgan fingerprint density at radius 3 is 2.88 bits per heavy atom. The zero-order valence-electron chi connectivity index (χ0n) is 13.8. The van der Waals surface area contributed by atoms with Gasteiger partial charge in [-0.05, 0) is 55.1 Å². The number of aryl methyl sites for hydroxylation is 1. The molecule has 0 bridgehead atoms. The monoisotopic (exact) mass is 364 g/mol. The molecule has 5 nitrogen and oxygen atoms in total. The Morgan fingerprint density at radius 2 is 2.17 bits per heavy atom. The van der Waals surface area contributed by atoms with Crippen molar-refractivity contribution < 1.29 is 4.79 Å². The van der Waals surface area contributed by atoms with E-state index in [4.69, 9.17) is 11.6 Å². The van der Waals surface area contributed by atoms with Crippen molar-refractivity contribution >= 4 is 39.7 Å². The molecule has 1 aromatic heterocycles. The third-order valence-electron chi connectivity index (χ3n) is 4.35. The Bertz CT molecular complexity index is 716. The molecule has 1 aromatic carbocycles. The highest BCUT2D eigenvalue weighted by molar-refractivity contribution is 7.10. The van der Waals surface area contributed by atoms with Crippen molar-refractivity contribution in [3.8, 4) is 0 Å². The van der Waals surface area contributed by atoms with E-state index < -0.39 is 0 Å². The fourth-order valence-electron chi connectivity index (χ4n) is 3.02. The number of hydrogen-bond donors (Lipinski definition) is 2. The molecule has 1 saturated heterocycles. The number of halogens is 1. The molecule has 1 aliphatic heterocycles. The number of nitrogens with zero attached hydrogens (tertiary/aromatic N) is 2. The lowest BCUT2D eigenvalue weighted by Crippen LogP contribution is -2.31. The molecule has 128 valence electrons. The summed E-state index contributed by atoms with van der Waals surface area (Å²) in [6.45, 7) is 4.50. The number of anilines is 2. The fraction of sp³-hybridized carbons (Fsp3) is 0.412. The molecular weight excluding hydrogens is 344 g/mol. The summed E-state index contributed by atoms with van der Waals surface area (Å²) in [5, 5.41) is 7.67. The van der Waals surface area contributed by atoms with E-state index in [1.165, 1.54) is 17.2 Å². The number of benzene rings is 1. The van der Waals surface area contributed by atoms with Gasteiger partial charge in [0.05, 0.1) is 11.3 Å². The quantitative estimate of drug-likeness (QED) is 0.853. The smallest absolute Gasteiger partial charge is 0.256 e. The minimum absolute atomic E-state index is 0.0458. The molecule has 3 rings (SSSR count). The van der Waals surface area contributed by atoms with Gasteiger partial charge in [0.25, 0.3) is 5.91 Å². The maximum Gasteiger partial charge on any atom is 0.256 e. The van der Waals surface area contributed by atoms with E-state index in [2.05, 4.69) is 19.9 Å². The van der Waals surface area contributed by atoms with Crippen molar-refractivity contribution in [2.45, 2.75) is 13.3 Å². The van der Waals surface area contributed by atoms with Crippen LogP contribution in [0.3, 0.4) is 0 Å². The van der Waals surface area contributed by atoms with Crippen molar-refractivity contribution in [2.75, 3.05) is 36.9 Å². The standard InChI is InChI=1S/C17H21ClN4OS/c1-11-15(17(19-2)24-21-11)16(23)20-9-12-7-8-22(10-12)14-5-3-13(18)4-6-14/h3-6,12,19H,7-10H2,1-2H3,(H,20,23). The summed E-state index contributed by atoms with van der Waals surface area (Å²) in [5.74, 6) is 0.408. The minimum atomic E-state index is -0.0458. The molecule has 0 spiro atoms. The third kappa shape index (κ3) is 3.65. The number of amides is 1. The predicted molar refractivity (Wildman–Crippen MR) is 101 cm³/mol. The van der Waals surface area contributed by atoms with Gasteiger partial charge in [-0.2, -0.15) is 4.37 Å². The third-order valence-corrected chi connectivity index (χ3v) is 5.55. The van der Waals surface area contributed by atoms with E-state index in [1.807, 2.05) is 38.2 Å². The number of rotatable bonds is 5. The summed E-state index contributed by atoms with van der Waals surface area (Å²) in [4.78, 5) is 14.8. The highest BCUT2D eigenvalue weighted by Crippen LogP contribution is 2.26. The first-order chi connectivity index (χ1) is 11.6. The van der Waals surface area contributed by atoms with Crippen LogP contribution in [0.4, 0.5) is 10.7 Å². The molecule has 1 amide bonds. The van der Waals surface area contributed by atoms with Crippen LogP contribution in [0.25, 0.3) is 0 Å². The van der Waals surface area contributed by atoms with Crippen LogP contribution in [0, 0.1) is 12.8 Å². The second-order valence-electron chi connectivity index (χ2n) is 6.01. The molecule has 0 radical (unpaired) electrons. The second-order valence-corrected chi connectivity index (χ2v) is 7.22. The summed E-state index contributed by atoms with van der Waals surface area (Å²) in [5.41, 5.74) is 2.62. The van der Waals surface area contributed by atoms with E-state index in [0.29, 0.717) is 18.0 Å². The van der Waals surface area contributed by atoms with Crippen LogP contribution in [0.2, 0.25) is 5.02 Å². The van der Waals surface area contributed by atoms with Gasteiger partial charge in [0.2, 0.25) is 0 Å². The molecule has 2 aromatic rings. The number of hydrogen-bond acceptors (Lipinski definition) is 5. The zero-order chi connectivity index (χ0) is 17.1. The maximum absolute atomic E-state index is 12.4.